The molecule has 164 valence electrons. The highest BCUT2D eigenvalue weighted by atomic mass is 79.9. The summed E-state index contributed by atoms with van der Waals surface area (Å²) in [4.78, 5) is 0. The number of halogens is 2. The van der Waals surface area contributed by atoms with Crippen LogP contribution in [-0.4, -0.2) is 0 Å². The summed E-state index contributed by atoms with van der Waals surface area (Å²) in [6, 6.07) is 18.0. The third kappa shape index (κ3) is 3.88. The molecule has 0 fully saturated rings. The topological polar surface area (TPSA) is 107 Å². The van der Waals surface area contributed by atoms with Crippen molar-refractivity contribution in [2.45, 2.75) is 31.8 Å². The molecule has 0 amide bonds. The Morgan fingerprint density at radius 2 is 1.94 bits per heavy atom. The molecule has 0 bridgehead atoms. The van der Waals surface area contributed by atoms with Gasteiger partial charge in [-0.25, -0.2) is 4.39 Å². The van der Waals surface area contributed by atoms with Crippen molar-refractivity contribution in [2.75, 3.05) is 0 Å². The maximum Gasteiger partial charge on any atom is 0.191 e. The number of nitrogens with two attached hydrogens (primary N) is 1. The molecule has 0 saturated carbocycles. The van der Waals surface area contributed by atoms with E-state index in [0.717, 1.165) is 29.3 Å². The first kappa shape index (κ1) is 22.6. The van der Waals surface area contributed by atoms with Crippen LogP contribution < -0.4 is 10.5 Å². The Labute approximate surface area is 200 Å². The predicted molar refractivity (Wildman–Crippen MR) is 124 cm³/mol. The molecule has 2 atom stereocenters. The number of hydrogen-bond acceptors (Lipinski definition) is 5. The van der Waals surface area contributed by atoms with Gasteiger partial charge in [-0.3, -0.25) is 0 Å². The number of benzene rings is 2. The van der Waals surface area contributed by atoms with Gasteiger partial charge in [-0.1, -0.05) is 34.1 Å². The fraction of sp³-hybridized carbons (Fsp3) is 0.269. The van der Waals surface area contributed by atoms with Gasteiger partial charge < -0.3 is 10.5 Å². The van der Waals surface area contributed by atoms with E-state index in [1.54, 1.807) is 18.2 Å². The van der Waals surface area contributed by atoms with Crippen molar-refractivity contribution in [1.29, 1.82) is 15.8 Å². The zero-order valence-electron chi connectivity index (χ0n) is 17.7. The van der Waals surface area contributed by atoms with Gasteiger partial charge in [-0.05, 0) is 66.6 Å². The number of fused-ring (bicyclic) bond motifs is 1. The summed E-state index contributed by atoms with van der Waals surface area (Å²) in [5, 5.41) is 30.3. The van der Waals surface area contributed by atoms with E-state index in [-0.39, 0.29) is 29.6 Å². The molecule has 2 N–H and O–H groups in total. The van der Waals surface area contributed by atoms with Crippen LogP contribution in [0.25, 0.3) is 0 Å². The van der Waals surface area contributed by atoms with Crippen LogP contribution >= 0.6 is 15.9 Å². The molecule has 5 nitrogen and oxygen atoms in total. The molecule has 2 aliphatic rings. The highest BCUT2D eigenvalue weighted by Crippen LogP contribution is 2.57. The average molecular weight is 503 g/mol. The van der Waals surface area contributed by atoms with E-state index in [1.807, 2.05) is 18.2 Å². The summed E-state index contributed by atoms with van der Waals surface area (Å²) in [6.45, 7) is 0.118. The van der Waals surface area contributed by atoms with Crippen LogP contribution in [0, 0.1) is 51.1 Å². The Morgan fingerprint density at radius 3 is 2.64 bits per heavy atom. The Morgan fingerprint density at radius 1 is 1.15 bits per heavy atom. The van der Waals surface area contributed by atoms with Gasteiger partial charge in [0, 0.05) is 16.0 Å². The highest BCUT2D eigenvalue weighted by Gasteiger charge is 2.54. The monoisotopic (exact) mass is 502 g/mol. The molecule has 4 rings (SSSR count). The molecule has 2 unspecified atom stereocenters. The number of nitrogens with zero attached hydrogens (tertiary/aromatic N) is 3. The molecule has 0 aromatic heterocycles. The first-order valence-corrected chi connectivity index (χ1v) is 11.3. The average Bonchev–Trinajstić information content (AvgIpc) is 2.83. The number of allylic oxidation sites excluding steroid dienone is 4. The van der Waals surface area contributed by atoms with Crippen molar-refractivity contribution in [2.24, 2.45) is 17.1 Å². The second kappa shape index (κ2) is 9.10. The van der Waals surface area contributed by atoms with Gasteiger partial charge in [0.05, 0.1) is 23.4 Å². The number of hydrogen-bond donors (Lipinski definition) is 1. The number of ether oxygens (including phenoxy) is 1. The van der Waals surface area contributed by atoms with Crippen molar-refractivity contribution >= 4 is 15.9 Å². The molecular formula is C26H20BrFN4O. The van der Waals surface area contributed by atoms with Gasteiger partial charge in [0.2, 0.25) is 0 Å². The maximum absolute atomic E-state index is 13.6. The van der Waals surface area contributed by atoms with Crippen molar-refractivity contribution in [3.05, 3.63) is 86.8 Å². The zero-order chi connectivity index (χ0) is 23.6. The van der Waals surface area contributed by atoms with Crippen LogP contribution in [0.15, 0.2) is 69.9 Å². The fourth-order valence-corrected chi connectivity index (χ4v) is 5.28. The van der Waals surface area contributed by atoms with Crippen LogP contribution in [0.1, 0.15) is 36.3 Å². The smallest absolute Gasteiger partial charge is 0.191 e. The van der Waals surface area contributed by atoms with Gasteiger partial charge in [-0.15, -0.1) is 0 Å². The zero-order valence-corrected chi connectivity index (χ0v) is 19.3. The Hall–Kier alpha value is -3.60. The summed E-state index contributed by atoms with van der Waals surface area (Å²) in [5.41, 5.74) is 6.98. The van der Waals surface area contributed by atoms with E-state index >= 15 is 0 Å². The standard InChI is InChI=1S/C26H20BrFN4O/c27-17-8-9-23(33-13-16-4-3-5-18(28)10-16)21(11-17)24-20-7-2-1-6-19(20)22(12-29)25(32)26(24,14-30)15-31/h3-6,8-11,20,24H,1-2,7,13,32H2. The summed E-state index contributed by atoms with van der Waals surface area (Å²) < 4.78 is 20.5. The van der Waals surface area contributed by atoms with Gasteiger partial charge in [0.1, 0.15) is 24.2 Å². The first-order chi connectivity index (χ1) is 15.9. The van der Waals surface area contributed by atoms with Crippen LogP contribution in [0.2, 0.25) is 0 Å². The summed E-state index contributed by atoms with van der Waals surface area (Å²) in [6.07, 6.45) is 4.40. The van der Waals surface area contributed by atoms with E-state index in [4.69, 9.17) is 10.5 Å². The first-order valence-electron chi connectivity index (χ1n) is 10.5. The van der Waals surface area contributed by atoms with Crippen LogP contribution in [0.5, 0.6) is 5.75 Å². The highest BCUT2D eigenvalue weighted by molar-refractivity contribution is 9.10. The van der Waals surface area contributed by atoms with Crippen molar-refractivity contribution in [3.8, 4) is 24.0 Å². The fourth-order valence-electron chi connectivity index (χ4n) is 4.90. The van der Waals surface area contributed by atoms with Crippen LogP contribution in [0.3, 0.4) is 0 Å². The minimum Gasteiger partial charge on any atom is -0.489 e. The molecule has 0 heterocycles. The summed E-state index contributed by atoms with van der Waals surface area (Å²) >= 11 is 3.50. The molecule has 2 aliphatic carbocycles. The van der Waals surface area contributed by atoms with E-state index in [0.29, 0.717) is 16.9 Å². The molecule has 0 radical (unpaired) electrons. The molecule has 0 spiro atoms. The summed E-state index contributed by atoms with van der Waals surface area (Å²) in [7, 11) is 0. The van der Waals surface area contributed by atoms with E-state index in [2.05, 4.69) is 34.1 Å². The molecule has 2 aromatic carbocycles. The van der Waals surface area contributed by atoms with Gasteiger partial charge in [0.15, 0.2) is 5.41 Å². The van der Waals surface area contributed by atoms with Crippen LogP contribution in [-0.2, 0) is 6.61 Å². The minimum atomic E-state index is -1.72. The van der Waals surface area contributed by atoms with Gasteiger partial charge >= 0.3 is 0 Å². The molecule has 7 heteroatoms. The molecule has 33 heavy (non-hydrogen) atoms. The maximum atomic E-state index is 13.6. The normalized spacial score (nSPS) is 21.1. The van der Waals surface area contributed by atoms with Crippen molar-refractivity contribution in [3.63, 3.8) is 0 Å². The van der Waals surface area contributed by atoms with E-state index in [1.165, 1.54) is 12.1 Å². The lowest BCUT2D eigenvalue weighted by molar-refractivity contribution is 0.276. The number of rotatable bonds is 4. The van der Waals surface area contributed by atoms with E-state index in [9.17, 15) is 20.2 Å². The third-order valence-corrected chi connectivity index (χ3v) is 6.88. The van der Waals surface area contributed by atoms with Crippen molar-refractivity contribution in [1.82, 2.24) is 0 Å². The number of nitriles is 3. The van der Waals surface area contributed by atoms with E-state index < -0.39 is 11.3 Å². The Balaban J connectivity index is 1.87. The quantitative estimate of drug-likeness (QED) is 0.571. The largest absolute Gasteiger partial charge is 0.489 e. The molecule has 2 aromatic rings. The summed E-state index contributed by atoms with van der Waals surface area (Å²) in [5.74, 6) is -0.728. The molecule has 0 aliphatic heterocycles. The predicted octanol–water partition coefficient (Wildman–Crippen LogP) is 5.76. The SMILES string of the molecule is N#CC1=C(N)C(C#N)(C#N)C(c2cc(Br)ccc2OCc2cccc(F)c2)C2CCCC=C12. The lowest BCUT2D eigenvalue weighted by Crippen LogP contribution is -2.42. The Bertz CT molecular complexity index is 1280. The minimum absolute atomic E-state index is 0.0135. The van der Waals surface area contributed by atoms with Gasteiger partial charge in [0.25, 0.3) is 0 Å². The van der Waals surface area contributed by atoms with Crippen LogP contribution in [0.4, 0.5) is 4.39 Å². The lowest BCUT2D eigenvalue weighted by Gasteiger charge is -2.43. The molecule has 0 saturated heterocycles. The van der Waals surface area contributed by atoms with Gasteiger partial charge in [-0.2, -0.15) is 15.8 Å². The lowest BCUT2D eigenvalue weighted by atomic mass is 9.56. The Kier molecular flexibility index (Phi) is 6.23. The third-order valence-electron chi connectivity index (χ3n) is 6.39. The second-order valence-electron chi connectivity index (χ2n) is 8.21. The molecular weight excluding hydrogens is 483 g/mol. The van der Waals surface area contributed by atoms with Crippen molar-refractivity contribution < 1.29 is 9.13 Å². The second-order valence-corrected chi connectivity index (χ2v) is 9.12.